The van der Waals surface area contributed by atoms with E-state index >= 15 is 0 Å². The first kappa shape index (κ1) is 18.0. The van der Waals surface area contributed by atoms with Crippen LogP contribution in [-0.2, 0) is 4.79 Å². The van der Waals surface area contributed by atoms with Gasteiger partial charge in [-0.2, -0.15) is 0 Å². The summed E-state index contributed by atoms with van der Waals surface area (Å²) in [5.41, 5.74) is 0. The van der Waals surface area contributed by atoms with Gasteiger partial charge in [-0.25, -0.2) is 0 Å². The fourth-order valence-corrected chi connectivity index (χ4v) is 2.67. The molecule has 21 heavy (non-hydrogen) atoms. The third kappa shape index (κ3) is 6.07. The van der Waals surface area contributed by atoms with Crippen LogP contribution in [0.3, 0.4) is 0 Å². The van der Waals surface area contributed by atoms with Gasteiger partial charge in [-0.1, -0.05) is 0 Å². The molecular formula is C17H31N3O. The Labute approximate surface area is 130 Å². The molecule has 0 bridgehead atoms. The van der Waals surface area contributed by atoms with Gasteiger partial charge in [0.05, 0.1) is 0 Å². The normalized spacial score (nSPS) is 18.5. The van der Waals surface area contributed by atoms with E-state index in [1.807, 2.05) is 11.9 Å². The average Bonchev–Trinajstić information content (AvgIpc) is 2.49. The highest BCUT2D eigenvalue weighted by Crippen LogP contribution is 2.09. The SMILES string of the molecule is C#CCCC(=O)N(C)C(C)CCN1CCN(C(C)C)CC1. The molecular weight excluding hydrogens is 262 g/mol. The molecule has 0 N–H and O–H groups in total. The highest BCUT2D eigenvalue weighted by Gasteiger charge is 2.20. The summed E-state index contributed by atoms with van der Waals surface area (Å²) in [6.07, 6.45) is 7.24. The van der Waals surface area contributed by atoms with Crippen molar-refractivity contribution in [2.45, 2.75) is 52.1 Å². The minimum atomic E-state index is 0.157. The maximum Gasteiger partial charge on any atom is 0.223 e. The first-order chi connectivity index (χ1) is 9.95. The molecule has 1 fully saturated rings. The van der Waals surface area contributed by atoms with Gasteiger partial charge in [-0.3, -0.25) is 9.69 Å². The molecule has 1 atom stereocenters. The summed E-state index contributed by atoms with van der Waals surface area (Å²) in [7, 11) is 1.89. The van der Waals surface area contributed by atoms with Crippen LogP contribution in [0.1, 0.15) is 40.0 Å². The average molecular weight is 293 g/mol. The summed E-state index contributed by atoms with van der Waals surface area (Å²) in [6.45, 7) is 12.3. The molecule has 1 heterocycles. The lowest BCUT2D eigenvalue weighted by molar-refractivity contribution is -0.131. The van der Waals surface area contributed by atoms with E-state index in [-0.39, 0.29) is 11.9 Å². The molecule has 1 aliphatic rings. The number of piperazine rings is 1. The monoisotopic (exact) mass is 293 g/mol. The molecule has 4 heteroatoms. The number of carbonyl (C=O) groups excluding carboxylic acids is 1. The maximum absolute atomic E-state index is 11.9. The minimum Gasteiger partial charge on any atom is -0.343 e. The van der Waals surface area contributed by atoms with Crippen LogP contribution in [0.25, 0.3) is 0 Å². The van der Waals surface area contributed by atoms with Crippen molar-refractivity contribution in [3.63, 3.8) is 0 Å². The van der Waals surface area contributed by atoms with Gasteiger partial charge in [-0.15, -0.1) is 12.3 Å². The zero-order chi connectivity index (χ0) is 15.8. The quantitative estimate of drug-likeness (QED) is 0.668. The zero-order valence-corrected chi connectivity index (χ0v) is 14.1. The minimum absolute atomic E-state index is 0.157. The van der Waals surface area contributed by atoms with E-state index in [9.17, 15) is 4.79 Å². The van der Waals surface area contributed by atoms with Crippen LogP contribution in [0, 0.1) is 12.3 Å². The Morgan fingerprint density at radius 2 is 1.86 bits per heavy atom. The van der Waals surface area contributed by atoms with E-state index in [4.69, 9.17) is 6.42 Å². The summed E-state index contributed by atoms with van der Waals surface area (Å²) in [6, 6.07) is 0.921. The van der Waals surface area contributed by atoms with Crippen LogP contribution in [0.5, 0.6) is 0 Å². The number of amides is 1. The summed E-state index contributed by atoms with van der Waals surface area (Å²) in [5, 5.41) is 0. The Morgan fingerprint density at radius 1 is 1.24 bits per heavy atom. The number of terminal acetylenes is 1. The Kier molecular flexibility index (Phi) is 7.77. The largest absolute Gasteiger partial charge is 0.343 e. The van der Waals surface area contributed by atoms with Crippen molar-refractivity contribution in [1.29, 1.82) is 0 Å². The second kappa shape index (κ2) is 9.07. The third-order valence-corrected chi connectivity index (χ3v) is 4.54. The Hall–Kier alpha value is -1.05. The molecule has 4 nitrogen and oxygen atoms in total. The van der Waals surface area contributed by atoms with Crippen LogP contribution < -0.4 is 0 Å². The molecule has 1 amide bonds. The van der Waals surface area contributed by atoms with E-state index in [0.29, 0.717) is 18.9 Å². The molecule has 1 saturated heterocycles. The topological polar surface area (TPSA) is 26.8 Å². The van der Waals surface area contributed by atoms with E-state index in [0.717, 1.165) is 39.1 Å². The first-order valence-electron chi connectivity index (χ1n) is 8.11. The van der Waals surface area contributed by atoms with Crippen molar-refractivity contribution in [3.8, 4) is 12.3 Å². The summed E-state index contributed by atoms with van der Waals surface area (Å²) >= 11 is 0. The number of carbonyl (C=O) groups is 1. The Morgan fingerprint density at radius 3 is 2.38 bits per heavy atom. The lowest BCUT2D eigenvalue weighted by Crippen LogP contribution is -2.49. The van der Waals surface area contributed by atoms with Crippen LogP contribution >= 0.6 is 0 Å². The summed E-state index contributed by atoms with van der Waals surface area (Å²) in [4.78, 5) is 18.8. The van der Waals surface area contributed by atoms with Gasteiger partial charge in [0.25, 0.3) is 0 Å². The van der Waals surface area contributed by atoms with Crippen LogP contribution in [-0.4, -0.2) is 72.5 Å². The Bertz CT molecular complexity index is 354. The van der Waals surface area contributed by atoms with E-state index in [2.05, 4.69) is 36.5 Å². The van der Waals surface area contributed by atoms with E-state index < -0.39 is 0 Å². The van der Waals surface area contributed by atoms with Crippen molar-refractivity contribution < 1.29 is 4.79 Å². The summed E-state index contributed by atoms with van der Waals surface area (Å²) in [5.74, 6) is 2.69. The van der Waals surface area contributed by atoms with Gasteiger partial charge in [0.2, 0.25) is 5.91 Å². The zero-order valence-electron chi connectivity index (χ0n) is 14.1. The van der Waals surface area contributed by atoms with E-state index in [1.165, 1.54) is 0 Å². The van der Waals surface area contributed by atoms with Crippen molar-refractivity contribution >= 4 is 5.91 Å². The highest BCUT2D eigenvalue weighted by molar-refractivity contribution is 5.76. The first-order valence-corrected chi connectivity index (χ1v) is 8.11. The molecule has 0 aromatic heterocycles. The van der Waals surface area contributed by atoms with Crippen molar-refractivity contribution in [2.24, 2.45) is 0 Å². The Balaban J connectivity index is 2.26. The van der Waals surface area contributed by atoms with Gasteiger partial charge in [0.1, 0.15) is 0 Å². The van der Waals surface area contributed by atoms with Crippen LogP contribution in [0.2, 0.25) is 0 Å². The molecule has 1 rings (SSSR count). The molecule has 0 aliphatic carbocycles. The molecule has 0 radical (unpaired) electrons. The molecule has 0 spiro atoms. The molecule has 1 unspecified atom stereocenters. The fraction of sp³-hybridized carbons (Fsp3) is 0.824. The number of rotatable bonds is 7. The van der Waals surface area contributed by atoms with Crippen LogP contribution in [0.4, 0.5) is 0 Å². The second-order valence-corrected chi connectivity index (χ2v) is 6.32. The maximum atomic E-state index is 11.9. The smallest absolute Gasteiger partial charge is 0.223 e. The number of nitrogens with zero attached hydrogens (tertiary/aromatic N) is 3. The van der Waals surface area contributed by atoms with Gasteiger partial charge in [0, 0.05) is 64.7 Å². The molecule has 0 saturated carbocycles. The van der Waals surface area contributed by atoms with Crippen LogP contribution in [0.15, 0.2) is 0 Å². The van der Waals surface area contributed by atoms with Gasteiger partial charge in [0.15, 0.2) is 0 Å². The summed E-state index contributed by atoms with van der Waals surface area (Å²) < 4.78 is 0. The number of hydrogen-bond acceptors (Lipinski definition) is 3. The van der Waals surface area contributed by atoms with Crippen molar-refractivity contribution in [2.75, 3.05) is 39.8 Å². The number of hydrogen-bond donors (Lipinski definition) is 0. The lowest BCUT2D eigenvalue weighted by atomic mass is 10.1. The van der Waals surface area contributed by atoms with Gasteiger partial charge >= 0.3 is 0 Å². The lowest BCUT2D eigenvalue weighted by Gasteiger charge is -2.37. The predicted octanol–water partition coefficient (Wildman–Crippen LogP) is 1.66. The van der Waals surface area contributed by atoms with Crippen molar-refractivity contribution in [3.05, 3.63) is 0 Å². The third-order valence-electron chi connectivity index (χ3n) is 4.54. The molecule has 120 valence electrons. The molecule has 1 aliphatic heterocycles. The fourth-order valence-electron chi connectivity index (χ4n) is 2.67. The molecule has 0 aromatic carbocycles. The predicted molar refractivity (Wildman–Crippen MR) is 88.1 cm³/mol. The second-order valence-electron chi connectivity index (χ2n) is 6.32. The van der Waals surface area contributed by atoms with Crippen molar-refractivity contribution in [1.82, 2.24) is 14.7 Å². The van der Waals surface area contributed by atoms with Gasteiger partial charge < -0.3 is 9.80 Å². The highest BCUT2D eigenvalue weighted by atomic mass is 16.2. The standard InChI is InChI=1S/C17H31N3O/c1-6-7-8-17(21)18(5)16(4)9-10-19-11-13-20(14-12-19)15(2)3/h1,15-16H,7-14H2,2-5H3. The van der Waals surface area contributed by atoms with Gasteiger partial charge in [-0.05, 0) is 27.2 Å². The molecule has 0 aromatic rings. The van der Waals surface area contributed by atoms with E-state index in [1.54, 1.807) is 0 Å².